The Morgan fingerprint density at radius 3 is 2.62 bits per heavy atom. The Morgan fingerprint density at radius 2 is 1.84 bits per heavy atom. The summed E-state index contributed by atoms with van der Waals surface area (Å²) in [4.78, 5) is 31.2. The lowest BCUT2D eigenvalue weighted by atomic mass is 10.0. The molecule has 0 N–H and O–H groups in total. The molecule has 3 rings (SSSR count). The van der Waals surface area contributed by atoms with Crippen molar-refractivity contribution in [3.8, 4) is 17.0 Å². The molecule has 1 aromatic carbocycles. The average Bonchev–Trinajstić information content (AvgIpc) is 2.82. The number of benzene rings is 1. The van der Waals surface area contributed by atoms with Crippen LogP contribution in [0.4, 0.5) is 5.69 Å². The fourth-order valence-corrected chi connectivity index (χ4v) is 3.20. The molecule has 0 bridgehead atoms. The molecular formula is C25H24N2O5. The molecule has 0 aliphatic carbocycles. The van der Waals surface area contributed by atoms with Crippen molar-refractivity contribution in [3.05, 3.63) is 77.1 Å². The number of pyridine rings is 1. The quantitative estimate of drug-likeness (QED) is 0.173. The van der Waals surface area contributed by atoms with Crippen molar-refractivity contribution in [1.82, 2.24) is 4.98 Å². The number of carbonyl (C=O) groups is 1. The standard InChI is InChI=1S/C25H24N2O5/c1-3-24(28)31-14-10-6-4-5-9-13-30-23-16-22-18(17-27-23)15-20(25(29)32-22)19-11-7-8-12-21(19)26-2/h3,7-8,11-12,15-17H,1,4-6,9-10,13-14H2. The highest BCUT2D eigenvalue weighted by molar-refractivity contribution is 5.85. The summed E-state index contributed by atoms with van der Waals surface area (Å²) in [6.07, 6.45) is 7.43. The maximum Gasteiger partial charge on any atom is 0.342 e. The van der Waals surface area contributed by atoms with Crippen LogP contribution < -0.4 is 10.4 Å². The minimum absolute atomic E-state index is 0.332. The molecule has 2 aromatic heterocycles. The zero-order valence-electron chi connectivity index (χ0n) is 17.7. The summed E-state index contributed by atoms with van der Waals surface area (Å²) < 4.78 is 16.1. The van der Waals surface area contributed by atoms with Crippen molar-refractivity contribution >= 4 is 22.6 Å². The zero-order chi connectivity index (χ0) is 22.8. The Hall–Kier alpha value is -3.92. The van der Waals surface area contributed by atoms with E-state index < -0.39 is 5.63 Å². The van der Waals surface area contributed by atoms with E-state index in [0.29, 0.717) is 46.9 Å². The van der Waals surface area contributed by atoms with Gasteiger partial charge in [-0.05, 0) is 24.5 Å². The normalized spacial score (nSPS) is 10.5. The summed E-state index contributed by atoms with van der Waals surface area (Å²) in [5.74, 6) is 0.00725. The molecule has 0 spiro atoms. The number of unbranched alkanes of at least 4 members (excludes halogenated alkanes) is 4. The third-order valence-electron chi connectivity index (χ3n) is 4.86. The second kappa shape index (κ2) is 11.5. The number of hydrogen-bond donors (Lipinski definition) is 0. The van der Waals surface area contributed by atoms with Crippen LogP contribution in [0, 0.1) is 6.57 Å². The summed E-state index contributed by atoms with van der Waals surface area (Å²) in [7, 11) is 0. The molecule has 2 heterocycles. The lowest BCUT2D eigenvalue weighted by Gasteiger charge is -2.07. The Bertz CT molecular complexity index is 1190. The van der Waals surface area contributed by atoms with Gasteiger partial charge in [-0.25, -0.2) is 19.4 Å². The number of ether oxygens (including phenoxy) is 2. The molecule has 0 amide bonds. The minimum atomic E-state index is -0.510. The van der Waals surface area contributed by atoms with E-state index in [9.17, 15) is 9.59 Å². The van der Waals surface area contributed by atoms with Gasteiger partial charge in [0, 0.05) is 23.7 Å². The highest BCUT2D eigenvalue weighted by Gasteiger charge is 2.12. The van der Waals surface area contributed by atoms with E-state index in [0.717, 1.165) is 38.2 Å². The van der Waals surface area contributed by atoms with Crippen LogP contribution in [0.1, 0.15) is 32.1 Å². The molecule has 7 heteroatoms. The number of nitrogens with zero attached hydrogens (tertiary/aromatic N) is 2. The molecule has 32 heavy (non-hydrogen) atoms. The number of fused-ring (bicyclic) bond motifs is 1. The van der Waals surface area contributed by atoms with Crippen LogP contribution in [0.5, 0.6) is 5.88 Å². The molecule has 164 valence electrons. The van der Waals surface area contributed by atoms with Crippen molar-refractivity contribution in [3.63, 3.8) is 0 Å². The van der Waals surface area contributed by atoms with Crippen molar-refractivity contribution < 1.29 is 18.7 Å². The first-order valence-corrected chi connectivity index (χ1v) is 10.4. The molecule has 0 radical (unpaired) electrons. The van der Waals surface area contributed by atoms with Gasteiger partial charge in [0.1, 0.15) is 5.58 Å². The van der Waals surface area contributed by atoms with Gasteiger partial charge in [-0.15, -0.1) is 0 Å². The number of para-hydroxylation sites is 1. The second-order valence-electron chi connectivity index (χ2n) is 7.12. The van der Waals surface area contributed by atoms with E-state index in [1.165, 1.54) is 0 Å². The van der Waals surface area contributed by atoms with Gasteiger partial charge in [-0.1, -0.05) is 50.1 Å². The number of hydrogen-bond acceptors (Lipinski definition) is 6. The number of carbonyl (C=O) groups excluding carboxylic acids is 1. The smallest absolute Gasteiger partial charge is 0.342 e. The molecule has 0 atom stereocenters. The fraction of sp³-hybridized carbons (Fsp3) is 0.280. The second-order valence-corrected chi connectivity index (χ2v) is 7.12. The topological polar surface area (TPSA) is 83.0 Å². The molecule has 0 unspecified atom stereocenters. The molecule has 0 aliphatic rings. The molecule has 0 saturated carbocycles. The Labute approximate surface area is 186 Å². The number of esters is 1. The molecular weight excluding hydrogens is 408 g/mol. The molecule has 0 saturated heterocycles. The number of aromatic nitrogens is 1. The average molecular weight is 432 g/mol. The molecule has 3 aromatic rings. The maximum absolute atomic E-state index is 12.5. The highest BCUT2D eigenvalue weighted by Crippen LogP contribution is 2.30. The van der Waals surface area contributed by atoms with E-state index in [4.69, 9.17) is 20.5 Å². The van der Waals surface area contributed by atoms with Crippen LogP contribution >= 0.6 is 0 Å². The van der Waals surface area contributed by atoms with Crippen LogP contribution in [0.25, 0.3) is 26.9 Å². The third-order valence-corrected chi connectivity index (χ3v) is 4.86. The zero-order valence-corrected chi connectivity index (χ0v) is 17.7. The van der Waals surface area contributed by atoms with E-state index >= 15 is 0 Å². The summed E-state index contributed by atoms with van der Waals surface area (Å²) >= 11 is 0. The molecule has 7 nitrogen and oxygen atoms in total. The molecule has 0 aliphatic heterocycles. The highest BCUT2D eigenvalue weighted by atomic mass is 16.5. The van der Waals surface area contributed by atoms with Gasteiger partial charge in [-0.2, -0.15) is 0 Å². The van der Waals surface area contributed by atoms with Crippen molar-refractivity contribution in [1.29, 1.82) is 0 Å². The predicted molar refractivity (Wildman–Crippen MR) is 122 cm³/mol. The van der Waals surface area contributed by atoms with E-state index in [1.807, 2.05) is 0 Å². The summed E-state index contributed by atoms with van der Waals surface area (Å²) in [5, 5.41) is 0.656. The Balaban J connectivity index is 1.52. The first-order chi connectivity index (χ1) is 15.6. The van der Waals surface area contributed by atoms with Crippen molar-refractivity contribution in [2.75, 3.05) is 13.2 Å². The first-order valence-electron chi connectivity index (χ1n) is 10.4. The van der Waals surface area contributed by atoms with Crippen LogP contribution in [0.3, 0.4) is 0 Å². The summed E-state index contributed by atoms with van der Waals surface area (Å²) in [6, 6.07) is 10.2. The van der Waals surface area contributed by atoms with E-state index in [1.54, 1.807) is 42.6 Å². The summed E-state index contributed by atoms with van der Waals surface area (Å²) in [5.41, 5.74) is 1.14. The minimum Gasteiger partial charge on any atom is -0.478 e. The van der Waals surface area contributed by atoms with E-state index in [-0.39, 0.29) is 5.97 Å². The van der Waals surface area contributed by atoms with Gasteiger partial charge in [0.05, 0.1) is 25.3 Å². The van der Waals surface area contributed by atoms with Crippen LogP contribution in [-0.4, -0.2) is 24.2 Å². The van der Waals surface area contributed by atoms with Gasteiger partial charge in [0.25, 0.3) is 0 Å². The lowest BCUT2D eigenvalue weighted by Crippen LogP contribution is -2.04. The Kier molecular flexibility index (Phi) is 8.15. The van der Waals surface area contributed by atoms with Gasteiger partial charge in [0.2, 0.25) is 5.88 Å². The molecule has 0 fully saturated rings. The van der Waals surface area contributed by atoms with Gasteiger partial charge in [-0.3, -0.25) is 0 Å². The number of rotatable bonds is 11. The van der Waals surface area contributed by atoms with Gasteiger partial charge < -0.3 is 13.9 Å². The predicted octanol–water partition coefficient (Wildman–Crippen LogP) is 5.46. The van der Waals surface area contributed by atoms with Crippen LogP contribution in [0.15, 0.2) is 64.5 Å². The van der Waals surface area contributed by atoms with Gasteiger partial charge in [0.15, 0.2) is 5.69 Å². The largest absolute Gasteiger partial charge is 0.478 e. The third kappa shape index (κ3) is 6.05. The van der Waals surface area contributed by atoms with Crippen molar-refractivity contribution in [2.24, 2.45) is 0 Å². The first kappa shape index (κ1) is 22.8. The van der Waals surface area contributed by atoms with E-state index in [2.05, 4.69) is 16.4 Å². The van der Waals surface area contributed by atoms with Crippen LogP contribution in [0.2, 0.25) is 0 Å². The maximum atomic E-state index is 12.5. The summed E-state index contributed by atoms with van der Waals surface area (Å²) in [6.45, 7) is 11.6. The monoisotopic (exact) mass is 432 g/mol. The van der Waals surface area contributed by atoms with Crippen molar-refractivity contribution in [2.45, 2.75) is 32.1 Å². The van der Waals surface area contributed by atoms with Crippen LogP contribution in [-0.2, 0) is 9.53 Å². The van der Waals surface area contributed by atoms with Gasteiger partial charge >= 0.3 is 11.6 Å². The lowest BCUT2D eigenvalue weighted by molar-refractivity contribution is -0.137. The Morgan fingerprint density at radius 1 is 1.09 bits per heavy atom. The SMILES string of the molecule is [C-]#[N+]c1ccccc1-c1cc2cnc(OCCCCCCCOC(=O)C=C)cc2oc1=O. The fourth-order valence-electron chi connectivity index (χ4n) is 3.20.